The molecule has 88 valence electrons. The molecular formula is C11H15ClN2O2. The van der Waals surface area contributed by atoms with E-state index in [1.165, 1.54) is 0 Å². The minimum atomic E-state index is -0.475. The third-order valence-corrected chi connectivity index (χ3v) is 2.18. The molecule has 0 spiro atoms. The molecule has 5 heteroatoms. The molecule has 2 N–H and O–H groups in total. The zero-order valence-corrected chi connectivity index (χ0v) is 10.0. The van der Waals surface area contributed by atoms with Crippen LogP contribution in [0.15, 0.2) is 24.3 Å². The Bertz CT molecular complexity index is 358. The first-order valence-electron chi connectivity index (χ1n) is 5.06. The van der Waals surface area contributed by atoms with Gasteiger partial charge < -0.3 is 4.74 Å². The van der Waals surface area contributed by atoms with Crippen LogP contribution in [0.4, 0.5) is 5.69 Å². The normalized spacial score (nSPS) is 11.9. The van der Waals surface area contributed by atoms with Gasteiger partial charge in [0, 0.05) is 11.6 Å². The third kappa shape index (κ3) is 4.08. The van der Waals surface area contributed by atoms with E-state index in [0.29, 0.717) is 11.6 Å². The summed E-state index contributed by atoms with van der Waals surface area (Å²) in [6.45, 7) is 4.04. The van der Waals surface area contributed by atoms with Crippen LogP contribution in [0, 0.1) is 0 Å². The van der Waals surface area contributed by atoms with Crippen molar-refractivity contribution in [3.05, 3.63) is 29.3 Å². The van der Waals surface area contributed by atoms with Gasteiger partial charge in [-0.3, -0.25) is 15.6 Å². The molecule has 0 radical (unpaired) electrons. The standard InChI is InChI=1S/C11H15ClN2O2/c1-3-16-8(2)11(15)14-13-10-6-4-5-9(12)7-10/h4-8,13H,3H2,1-2H3,(H,14,15). The van der Waals surface area contributed by atoms with Gasteiger partial charge in [0.1, 0.15) is 6.10 Å². The topological polar surface area (TPSA) is 50.4 Å². The first-order valence-corrected chi connectivity index (χ1v) is 5.44. The number of rotatable bonds is 5. The Morgan fingerprint density at radius 2 is 2.31 bits per heavy atom. The van der Waals surface area contributed by atoms with Crippen LogP contribution in [0.25, 0.3) is 0 Å². The Balaban J connectivity index is 2.42. The molecule has 0 saturated heterocycles. The lowest BCUT2D eigenvalue weighted by molar-refractivity contribution is -0.130. The smallest absolute Gasteiger partial charge is 0.267 e. The van der Waals surface area contributed by atoms with Gasteiger partial charge in [-0.15, -0.1) is 0 Å². The molecular weight excluding hydrogens is 228 g/mol. The molecule has 0 fully saturated rings. The fourth-order valence-corrected chi connectivity index (χ4v) is 1.32. The van der Waals surface area contributed by atoms with Gasteiger partial charge in [-0.05, 0) is 32.0 Å². The summed E-state index contributed by atoms with van der Waals surface area (Å²) in [5.41, 5.74) is 6.03. The minimum absolute atomic E-state index is 0.221. The van der Waals surface area contributed by atoms with Crippen molar-refractivity contribution in [1.82, 2.24) is 5.43 Å². The van der Waals surface area contributed by atoms with E-state index in [-0.39, 0.29) is 5.91 Å². The van der Waals surface area contributed by atoms with Gasteiger partial charge in [0.2, 0.25) is 0 Å². The molecule has 0 bridgehead atoms. The highest BCUT2D eigenvalue weighted by molar-refractivity contribution is 6.30. The Morgan fingerprint density at radius 3 is 2.94 bits per heavy atom. The molecule has 16 heavy (non-hydrogen) atoms. The Hall–Kier alpha value is -1.26. The molecule has 1 rings (SSSR count). The fraction of sp³-hybridized carbons (Fsp3) is 0.364. The number of halogens is 1. The molecule has 1 aromatic carbocycles. The summed E-state index contributed by atoms with van der Waals surface area (Å²) in [5, 5.41) is 0.608. The molecule has 0 aromatic heterocycles. The van der Waals surface area contributed by atoms with Gasteiger partial charge in [0.05, 0.1) is 5.69 Å². The van der Waals surface area contributed by atoms with Crippen molar-refractivity contribution in [2.75, 3.05) is 12.0 Å². The average molecular weight is 243 g/mol. The average Bonchev–Trinajstić information content (AvgIpc) is 2.26. The lowest BCUT2D eigenvalue weighted by Crippen LogP contribution is -2.38. The summed E-state index contributed by atoms with van der Waals surface area (Å²) in [4.78, 5) is 11.5. The van der Waals surface area contributed by atoms with E-state index in [1.807, 2.05) is 6.92 Å². The molecule has 0 aliphatic rings. The number of amides is 1. The van der Waals surface area contributed by atoms with Crippen LogP contribution < -0.4 is 10.9 Å². The maximum absolute atomic E-state index is 11.5. The number of hydrazine groups is 1. The highest BCUT2D eigenvalue weighted by atomic mass is 35.5. The highest BCUT2D eigenvalue weighted by Gasteiger charge is 2.11. The van der Waals surface area contributed by atoms with E-state index in [0.717, 1.165) is 5.69 Å². The second-order valence-electron chi connectivity index (χ2n) is 3.22. The van der Waals surface area contributed by atoms with Gasteiger partial charge >= 0.3 is 0 Å². The molecule has 4 nitrogen and oxygen atoms in total. The van der Waals surface area contributed by atoms with E-state index in [2.05, 4.69) is 10.9 Å². The van der Waals surface area contributed by atoms with Crippen LogP contribution >= 0.6 is 11.6 Å². The highest BCUT2D eigenvalue weighted by Crippen LogP contribution is 2.13. The second kappa shape index (κ2) is 6.35. The number of nitrogens with one attached hydrogen (secondary N) is 2. The maximum Gasteiger partial charge on any atom is 0.267 e. The second-order valence-corrected chi connectivity index (χ2v) is 3.66. The number of hydrogen-bond acceptors (Lipinski definition) is 3. The summed E-state index contributed by atoms with van der Waals surface area (Å²) < 4.78 is 5.14. The van der Waals surface area contributed by atoms with Crippen molar-refractivity contribution in [2.45, 2.75) is 20.0 Å². The van der Waals surface area contributed by atoms with Crippen LogP contribution in [0.3, 0.4) is 0 Å². The van der Waals surface area contributed by atoms with Crippen LogP contribution in [-0.4, -0.2) is 18.6 Å². The number of anilines is 1. The zero-order chi connectivity index (χ0) is 12.0. The number of hydrogen-bond donors (Lipinski definition) is 2. The molecule has 1 aromatic rings. The van der Waals surface area contributed by atoms with Gasteiger partial charge in [0.25, 0.3) is 5.91 Å². The quantitative estimate of drug-likeness (QED) is 0.779. The van der Waals surface area contributed by atoms with Gasteiger partial charge in [-0.25, -0.2) is 0 Å². The number of carbonyl (C=O) groups excluding carboxylic acids is 1. The first kappa shape index (κ1) is 12.8. The van der Waals surface area contributed by atoms with Crippen molar-refractivity contribution in [3.63, 3.8) is 0 Å². The van der Waals surface area contributed by atoms with Crippen molar-refractivity contribution in [2.24, 2.45) is 0 Å². The Labute approximate surface area is 99.9 Å². The van der Waals surface area contributed by atoms with E-state index in [1.54, 1.807) is 31.2 Å². The maximum atomic E-state index is 11.5. The molecule has 1 amide bonds. The number of ether oxygens (including phenoxy) is 1. The SMILES string of the molecule is CCOC(C)C(=O)NNc1cccc(Cl)c1. The van der Waals surface area contributed by atoms with Gasteiger partial charge in [-0.1, -0.05) is 17.7 Å². The van der Waals surface area contributed by atoms with Crippen molar-refractivity contribution >= 4 is 23.2 Å². The van der Waals surface area contributed by atoms with Crippen molar-refractivity contribution < 1.29 is 9.53 Å². The molecule has 0 aliphatic carbocycles. The van der Waals surface area contributed by atoms with Crippen molar-refractivity contribution in [1.29, 1.82) is 0 Å². The molecule has 1 unspecified atom stereocenters. The summed E-state index contributed by atoms with van der Waals surface area (Å²) in [5.74, 6) is -0.221. The zero-order valence-electron chi connectivity index (χ0n) is 9.29. The lowest BCUT2D eigenvalue weighted by Gasteiger charge is -2.13. The Morgan fingerprint density at radius 1 is 1.56 bits per heavy atom. The largest absolute Gasteiger partial charge is 0.369 e. The van der Waals surface area contributed by atoms with Gasteiger partial charge in [0.15, 0.2) is 0 Å². The first-order chi connectivity index (χ1) is 7.63. The van der Waals surface area contributed by atoms with E-state index < -0.39 is 6.10 Å². The van der Waals surface area contributed by atoms with E-state index in [9.17, 15) is 4.79 Å². The van der Waals surface area contributed by atoms with Crippen LogP contribution in [0.1, 0.15) is 13.8 Å². The monoisotopic (exact) mass is 242 g/mol. The summed E-state index contributed by atoms with van der Waals surface area (Å²) in [7, 11) is 0. The molecule has 1 atom stereocenters. The lowest BCUT2D eigenvalue weighted by atomic mass is 10.3. The van der Waals surface area contributed by atoms with Gasteiger partial charge in [-0.2, -0.15) is 0 Å². The van der Waals surface area contributed by atoms with Crippen LogP contribution in [0.5, 0.6) is 0 Å². The summed E-state index contributed by atoms with van der Waals surface area (Å²) in [6, 6.07) is 7.07. The predicted octanol–water partition coefficient (Wildman–Crippen LogP) is 2.21. The third-order valence-electron chi connectivity index (χ3n) is 1.94. The summed E-state index contributed by atoms with van der Waals surface area (Å²) in [6.07, 6.45) is -0.475. The molecule has 0 aliphatic heterocycles. The predicted molar refractivity (Wildman–Crippen MR) is 64.3 cm³/mol. The molecule has 0 saturated carbocycles. The minimum Gasteiger partial charge on any atom is -0.369 e. The fourth-order valence-electron chi connectivity index (χ4n) is 1.13. The molecule has 0 heterocycles. The van der Waals surface area contributed by atoms with E-state index >= 15 is 0 Å². The van der Waals surface area contributed by atoms with Crippen LogP contribution in [0.2, 0.25) is 5.02 Å². The van der Waals surface area contributed by atoms with Crippen LogP contribution in [-0.2, 0) is 9.53 Å². The van der Waals surface area contributed by atoms with E-state index in [4.69, 9.17) is 16.3 Å². The summed E-state index contributed by atoms with van der Waals surface area (Å²) >= 11 is 5.80. The Kier molecular flexibility index (Phi) is 5.08. The number of benzene rings is 1. The van der Waals surface area contributed by atoms with Crippen molar-refractivity contribution in [3.8, 4) is 0 Å². The number of carbonyl (C=O) groups is 1.